The molecule has 1 saturated heterocycles. The van der Waals surface area contributed by atoms with Crippen LogP contribution < -0.4 is 0 Å². The first kappa shape index (κ1) is 10.0. The largest absolute Gasteiger partial charge is 0.391 e. The fourth-order valence-corrected chi connectivity index (χ4v) is 1.64. The van der Waals surface area contributed by atoms with E-state index in [0.717, 1.165) is 0 Å². The zero-order valence-electron chi connectivity index (χ0n) is 8.06. The molecule has 1 aliphatic rings. The molecular formula is C10H11FN2O2. The SMILES string of the molecule is O=C(c1cccnc1F)N1CC[C@H](O)C1. The molecule has 1 amide bonds. The Morgan fingerprint density at radius 2 is 2.47 bits per heavy atom. The molecule has 0 bridgehead atoms. The molecule has 1 N–H and O–H groups in total. The zero-order chi connectivity index (χ0) is 10.8. The van der Waals surface area contributed by atoms with E-state index in [4.69, 9.17) is 0 Å². The van der Waals surface area contributed by atoms with Crippen molar-refractivity contribution in [3.05, 3.63) is 29.8 Å². The number of carbonyl (C=O) groups is 1. The first-order valence-electron chi connectivity index (χ1n) is 4.76. The molecule has 1 aromatic rings. The van der Waals surface area contributed by atoms with E-state index < -0.39 is 18.0 Å². The minimum Gasteiger partial charge on any atom is -0.391 e. The van der Waals surface area contributed by atoms with Gasteiger partial charge in [-0.25, -0.2) is 4.98 Å². The fourth-order valence-electron chi connectivity index (χ4n) is 1.64. The van der Waals surface area contributed by atoms with Crippen molar-refractivity contribution in [2.45, 2.75) is 12.5 Å². The lowest BCUT2D eigenvalue weighted by Crippen LogP contribution is -2.30. The van der Waals surface area contributed by atoms with Gasteiger partial charge in [-0.3, -0.25) is 4.79 Å². The van der Waals surface area contributed by atoms with Crippen molar-refractivity contribution < 1.29 is 14.3 Å². The number of amides is 1. The summed E-state index contributed by atoms with van der Waals surface area (Å²) in [5, 5.41) is 9.26. The summed E-state index contributed by atoms with van der Waals surface area (Å²) in [5.41, 5.74) is -0.0356. The Kier molecular flexibility index (Phi) is 2.64. The number of rotatable bonds is 1. The first-order valence-corrected chi connectivity index (χ1v) is 4.76. The average Bonchev–Trinajstić information content (AvgIpc) is 2.65. The number of carbonyl (C=O) groups excluding carboxylic acids is 1. The van der Waals surface area contributed by atoms with Gasteiger partial charge in [0.05, 0.1) is 11.7 Å². The second-order valence-corrected chi connectivity index (χ2v) is 3.54. The van der Waals surface area contributed by atoms with Gasteiger partial charge in [-0.05, 0) is 18.6 Å². The van der Waals surface area contributed by atoms with Gasteiger partial charge in [0.1, 0.15) is 0 Å². The van der Waals surface area contributed by atoms with Gasteiger partial charge in [-0.15, -0.1) is 0 Å². The highest BCUT2D eigenvalue weighted by Gasteiger charge is 2.27. The third kappa shape index (κ3) is 1.97. The Labute approximate surface area is 86.4 Å². The van der Waals surface area contributed by atoms with E-state index in [9.17, 15) is 14.3 Å². The van der Waals surface area contributed by atoms with Crippen LogP contribution in [0, 0.1) is 5.95 Å². The van der Waals surface area contributed by atoms with E-state index in [1.54, 1.807) is 0 Å². The predicted octanol–water partition coefficient (Wildman–Crippen LogP) is 0.427. The number of halogens is 1. The fraction of sp³-hybridized carbons (Fsp3) is 0.400. The zero-order valence-corrected chi connectivity index (χ0v) is 8.06. The summed E-state index contributed by atoms with van der Waals surface area (Å²) in [6, 6.07) is 2.91. The van der Waals surface area contributed by atoms with Crippen molar-refractivity contribution in [2.75, 3.05) is 13.1 Å². The van der Waals surface area contributed by atoms with Crippen LogP contribution in [-0.4, -0.2) is 40.1 Å². The number of aliphatic hydroxyl groups is 1. The minimum absolute atomic E-state index is 0.0356. The lowest BCUT2D eigenvalue weighted by atomic mass is 10.2. The average molecular weight is 210 g/mol. The van der Waals surface area contributed by atoms with Gasteiger partial charge in [-0.2, -0.15) is 4.39 Å². The Balaban J connectivity index is 2.18. The van der Waals surface area contributed by atoms with Crippen LogP contribution >= 0.6 is 0 Å². The molecule has 2 rings (SSSR count). The van der Waals surface area contributed by atoms with E-state index in [1.165, 1.54) is 23.2 Å². The quantitative estimate of drug-likeness (QED) is 0.684. The second kappa shape index (κ2) is 3.94. The van der Waals surface area contributed by atoms with Crippen LogP contribution in [0.2, 0.25) is 0 Å². The molecule has 15 heavy (non-hydrogen) atoms. The van der Waals surface area contributed by atoms with E-state index >= 15 is 0 Å². The van der Waals surface area contributed by atoms with Crippen molar-refractivity contribution in [1.29, 1.82) is 0 Å². The van der Waals surface area contributed by atoms with Crippen molar-refractivity contribution >= 4 is 5.91 Å². The molecule has 0 unspecified atom stereocenters. The first-order chi connectivity index (χ1) is 7.18. The molecule has 2 heterocycles. The van der Waals surface area contributed by atoms with E-state index in [0.29, 0.717) is 13.0 Å². The molecule has 1 atom stereocenters. The van der Waals surface area contributed by atoms with Gasteiger partial charge in [0.25, 0.3) is 5.91 Å². The van der Waals surface area contributed by atoms with Gasteiger partial charge < -0.3 is 10.0 Å². The molecule has 1 aliphatic heterocycles. The maximum atomic E-state index is 13.2. The topological polar surface area (TPSA) is 53.4 Å². The Bertz CT molecular complexity index is 383. The van der Waals surface area contributed by atoms with Gasteiger partial charge in [0.2, 0.25) is 5.95 Å². The van der Waals surface area contributed by atoms with Crippen LogP contribution in [0.4, 0.5) is 4.39 Å². The molecule has 0 saturated carbocycles. The lowest BCUT2D eigenvalue weighted by molar-refractivity contribution is 0.0759. The van der Waals surface area contributed by atoms with Crippen LogP contribution in [0.5, 0.6) is 0 Å². The van der Waals surface area contributed by atoms with E-state index in [-0.39, 0.29) is 12.1 Å². The van der Waals surface area contributed by atoms with Crippen molar-refractivity contribution in [3.8, 4) is 0 Å². The molecule has 4 nitrogen and oxygen atoms in total. The van der Waals surface area contributed by atoms with Crippen LogP contribution in [0.25, 0.3) is 0 Å². The molecule has 0 aliphatic carbocycles. The van der Waals surface area contributed by atoms with E-state index in [2.05, 4.69) is 4.98 Å². The predicted molar refractivity (Wildman–Crippen MR) is 50.7 cm³/mol. The van der Waals surface area contributed by atoms with Gasteiger partial charge in [0.15, 0.2) is 0 Å². The highest BCUT2D eigenvalue weighted by Crippen LogP contribution is 2.14. The number of nitrogens with zero attached hydrogens (tertiary/aromatic N) is 2. The van der Waals surface area contributed by atoms with Crippen molar-refractivity contribution in [2.24, 2.45) is 0 Å². The Morgan fingerprint density at radius 1 is 1.67 bits per heavy atom. The van der Waals surface area contributed by atoms with Gasteiger partial charge in [0, 0.05) is 19.3 Å². The molecule has 80 valence electrons. The summed E-state index contributed by atoms with van der Waals surface area (Å²) in [5.74, 6) is -1.17. The molecule has 0 radical (unpaired) electrons. The second-order valence-electron chi connectivity index (χ2n) is 3.54. The molecule has 1 aromatic heterocycles. The van der Waals surface area contributed by atoms with Gasteiger partial charge >= 0.3 is 0 Å². The number of hydrogen-bond acceptors (Lipinski definition) is 3. The molecule has 0 spiro atoms. The standard InChI is InChI=1S/C10H11FN2O2/c11-9-8(2-1-4-12-9)10(15)13-5-3-7(14)6-13/h1-2,4,7,14H,3,5-6H2/t7-/m0/s1. The summed E-state index contributed by atoms with van der Waals surface area (Å²) in [4.78, 5) is 16.6. The Morgan fingerprint density at radius 3 is 3.07 bits per heavy atom. The lowest BCUT2D eigenvalue weighted by Gasteiger charge is -2.15. The van der Waals surface area contributed by atoms with Gasteiger partial charge in [-0.1, -0.05) is 0 Å². The third-order valence-electron chi connectivity index (χ3n) is 2.44. The van der Waals surface area contributed by atoms with Crippen molar-refractivity contribution in [3.63, 3.8) is 0 Å². The summed E-state index contributed by atoms with van der Waals surface area (Å²) in [6.45, 7) is 0.738. The normalized spacial score (nSPS) is 20.7. The van der Waals surface area contributed by atoms with Crippen LogP contribution in [0.15, 0.2) is 18.3 Å². The number of pyridine rings is 1. The maximum absolute atomic E-state index is 13.2. The van der Waals surface area contributed by atoms with E-state index in [1.807, 2.05) is 0 Å². The molecular weight excluding hydrogens is 199 g/mol. The summed E-state index contributed by atoms with van der Waals surface area (Å²) in [7, 11) is 0. The summed E-state index contributed by atoms with van der Waals surface area (Å²) >= 11 is 0. The number of β-amino-alcohol motifs (C(OH)–C–C–N with tert-alkyl or cyclic N) is 1. The van der Waals surface area contributed by atoms with Crippen LogP contribution in [0.3, 0.4) is 0 Å². The molecule has 1 fully saturated rings. The number of likely N-dealkylation sites (tertiary alicyclic amines) is 1. The number of aliphatic hydroxyl groups excluding tert-OH is 1. The minimum atomic E-state index is -0.760. The molecule has 0 aromatic carbocycles. The highest BCUT2D eigenvalue weighted by molar-refractivity contribution is 5.94. The van der Waals surface area contributed by atoms with Crippen LogP contribution in [-0.2, 0) is 0 Å². The smallest absolute Gasteiger partial charge is 0.258 e. The molecule has 5 heteroatoms. The third-order valence-corrected chi connectivity index (χ3v) is 2.44. The van der Waals surface area contributed by atoms with Crippen molar-refractivity contribution in [1.82, 2.24) is 9.88 Å². The summed E-state index contributed by atoms with van der Waals surface area (Å²) in [6.07, 6.45) is 1.35. The monoisotopic (exact) mass is 210 g/mol. The Hall–Kier alpha value is -1.49. The summed E-state index contributed by atoms with van der Waals surface area (Å²) < 4.78 is 13.2. The number of hydrogen-bond donors (Lipinski definition) is 1. The van der Waals surface area contributed by atoms with Crippen LogP contribution in [0.1, 0.15) is 16.8 Å². The highest BCUT2D eigenvalue weighted by atomic mass is 19.1. The number of aromatic nitrogens is 1. The maximum Gasteiger partial charge on any atom is 0.258 e.